The number of nitrogens with one attached hydrogen (secondary N) is 2. The van der Waals surface area contributed by atoms with Crippen LogP contribution in [0.25, 0.3) is 22.2 Å². The van der Waals surface area contributed by atoms with Crippen LogP contribution in [0.2, 0.25) is 0 Å². The van der Waals surface area contributed by atoms with Gasteiger partial charge in [-0.25, -0.2) is 4.98 Å². The fraction of sp³-hybridized carbons (Fsp3) is 0.308. The molecule has 2 aliphatic rings. The Balaban J connectivity index is 1.90. The third-order valence-electron chi connectivity index (χ3n) is 4.02. The minimum Gasteiger partial charge on any atom is -0.347 e. The van der Waals surface area contributed by atoms with E-state index >= 15 is 0 Å². The predicted molar refractivity (Wildman–Crippen MR) is 70.7 cm³/mol. The second-order valence-corrected chi connectivity index (χ2v) is 5.25. The summed E-state index contributed by atoms with van der Waals surface area (Å²) in [5.74, 6) is 1.05. The Morgan fingerprint density at radius 1 is 1.26 bits per heavy atom. The molecule has 6 heteroatoms. The van der Waals surface area contributed by atoms with E-state index in [2.05, 4.69) is 30.3 Å². The van der Waals surface area contributed by atoms with Crippen molar-refractivity contribution in [2.24, 2.45) is 0 Å². The molecule has 0 saturated heterocycles. The van der Waals surface area contributed by atoms with Crippen LogP contribution in [0.5, 0.6) is 0 Å². The van der Waals surface area contributed by atoms with Crippen molar-refractivity contribution in [3.8, 4) is 11.3 Å². The molecule has 0 bridgehead atoms. The summed E-state index contributed by atoms with van der Waals surface area (Å²) in [6.45, 7) is 0.836. The monoisotopic (exact) mass is 252 g/mol. The summed E-state index contributed by atoms with van der Waals surface area (Å²) in [7, 11) is 0. The number of H-pyrrole nitrogens is 2. The van der Waals surface area contributed by atoms with E-state index in [1.54, 1.807) is 0 Å². The maximum atomic E-state index is 4.61. The zero-order chi connectivity index (χ0) is 12.4. The molecular formula is C13H12N6. The molecule has 0 atom stereocenters. The van der Waals surface area contributed by atoms with Crippen LogP contribution in [-0.2, 0) is 6.54 Å². The highest BCUT2D eigenvalue weighted by Crippen LogP contribution is 2.42. The largest absolute Gasteiger partial charge is 0.347 e. The smallest absolute Gasteiger partial charge is 0.140 e. The number of fused-ring (bicyclic) bond motifs is 2. The van der Waals surface area contributed by atoms with Crippen LogP contribution < -0.4 is 4.90 Å². The maximum absolute atomic E-state index is 4.61. The molecule has 0 aromatic carbocycles. The van der Waals surface area contributed by atoms with Gasteiger partial charge in [0, 0.05) is 17.8 Å². The van der Waals surface area contributed by atoms with Crippen molar-refractivity contribution in [3.05, 3.63) is 24.2 Å². The molecule has 1 fully saturated rings. The average Bonchev–Trinajstić information content (AvgIpc) is 3.05. The minimum atomic E-state index is 0.607. The molecule has 0 spiro atoms. The van der Waals surface area contributed by atoms with Gasteiger partial charge in [0.15, 0.2) is 0 Å². The van der Waals surface area contributed by atoms with Crippen LogP contribution in [0.4, 0.5) is 5.82 Å². The first kappa shape index (κ1) is 9.55. The number of anilines is 1. The van der Waals surface area contributed by atoms with Crippen molar-refractivity contribution in [2.45, 2.75) is 25.4 Å². The Bertz CT molecular complexity index is 781. The van der Waals surface area contributed by atoms with Gasteiger partial charge < -0.3 is 4.90 Å². The van der Waals surface area contributed by atoms with E-state index < -0.39 is 0 Å². The summed E-state index contributed by atoms with van der Waals surface area (Å²) in [6, 6.07) is 2.58. The predicted octanol–water partition coefficient (Wildman–Crippen LogP) is 1.83. The second kappa shape index (κ2) is 3.14. The molecule has 94 valence electrons. The maximum Gasteiger partial charge on any atom is 0.140 e. The Hall–Kier alpha value is -2.37. The van der Waals surface area contributed by atoms with E-state index in [4.69, 9.17) is 0 Å². The summed E-state index contributed by atoms with van der Waals surface area (Å²) < 4.78 is 0. The van der Waals surface area contributed by atoms with E-state index in [-0.39, 0.29) is 0 Å². The third kappa shape index (κ3) is 1.18. The quantitative estimate of drug-likeness (QED) is 0.693. The third-order valence-corrected chi connectivity index (χ3v) is 4.02. The Morgan fingerprint density at radius 3 is 3.11 bits per heavy atom. The molecular weight excluding hydrogens is 240 g/mol. The molecule has 0 amide bonds. The molecule has 0 unspecified atom stereocenters. The van der Waals surface area contributed by atoms with Crippen molar-refractivity contribution in [3.63, 3.8) is 0 Å². The average molecular weight is 252 g/mol. The van der Waals surface area contributed by atoms with Crippen LogP contribution in [0, 0.1) is 0 Å². The van der Waals surface area contributed by atoms with Crippen molar-refractivity contribution in [2.75, 3.05) is 4.90 Å². The number of pyridine rings is 1. The molecule has 4 heterocycles. The minimum absolute atomic E-state index is 0.607. The SMILES string of the molecule is c1cc2[nH]nc3c2c(n1)N(C1CC1)Cc1[nH]ncc1-3. The van der Waals surface area contributed by atoms with Gasteiger partial charge >= 0.3 is 0 Å². The topological polar surface area (TPSA) is 73.5 Å². The van der Waals surface area contributed by atoms with Gasteiger partial charge in [-0.2, -0.15) is 10.2 Å². The number of hydrogen-bond acceptors (Lipinski definition) is 4. The second-order valence-electron chi connectivity index (χ2n) is 5.25. The van der Waals surface area contributed by atoms with Gasteiger partial charge in [-0.1, -0.05) is 0 Å². The number of rotatable bonds is 1. The van der Waals surface area contributed by atoms with Crippen LogP contribution in [0.3, 0.4) is 0 Å². The Kier molecular flexibility index (Phi) is 1.58. The Labute approximate surface area is 108 Å². The highest BCUT2D eigenvalue weighted by molar-refractivity contribution is 6.02. The molecule has 2 N–H and O–H groups in total. The number of aromatic nitrogens is 5. The van der Waals surface area contributed by atoms with Gasteiger partial charge in [0.1, 0.15) is 11.5 Å². The summed E-state index contributed by atoms with van der Waals surface area (Å²) >= 11 is 0. The summed E-state index contributed by atoms with van der Waals surface area (Å²) in [5, 5.41) is 16.0. The van der Waals surface area contributed by atoms with Gasteiger partial charge in [-0.3, -0.25) is 10.2 Å². The van der Waals surface area contributed by atoms with E-state index in [1.807, 2.05) is 18.5 Å². The lowest BCUT2D eigenvalue weighted by Crippen LogP contribution is -2.25. The molecule has 1 aliphatic heterocycles. The normalized spacial score (nSPS) is 17.6. The summed E-state index contributed by atoms with van der Waals surface area (Å²) in [6.07, 6.45) is 6.20. The van der Waals surface area contributed by atoms with Crippen LogP contribution >= 0.6 is 0 Å². The first-order valence-electron chi connectivity index (χ1n) is 6.54. The van der Waals surface area contributed by atoms with Gasteiger partial charge in [-0.15, -0.1) is 0 Å². The standard InChI is InChI=1S/C13H12N6/c1-2-7(1)19-6-10-8(5-15-16-10)12-11-9(17-18-12)3-4-14-13(11)19/h3-5,7H,1-2,6H2,(H,15,16)(H,17,18). The molecule has 0 radical (unpaired) electrons. The lowest BCUT2D eigenvalue weighted by molar-refractivity contribution is 0.765. The molecule has 3 aromatic heterocycles. The first-order valence-corrected chi connectivity index (χ1v) is 6.54. The van der Waals surface area contributed by atoms with Crippen LogP contribution in [-0.4, -0.2) is 31.4 Å². The summed E-state index contributed by atoms with van der Waals surface area (Å²) in [5.41, 5.74) is 4.21. The van der Waals surface area contributed by atoms with Crippen LogP contribution in [0.1, 0.15) is 18.5 Å². The number of hydrogen-bond donors (Lipinski definition) is 2. The van der Waals surface area contributed by atoms with Crippen LogP contribution in [0.15, 0.2) is 18.5 Å². The molecule has 6 nitrogen and oxygen atoms in total. The lowest BCUT2D eigenvalue weighted by atomic mass is 10.1. The van der Waals surface area contributed by atoms with Gasteiger partial charge in [-0.05, 0) is 18.9 Å². The van der Waals surface area contributed by atoms with Gasteiger partial charge in [0.05, 0.1) is 29.3 Å². The zero-order valence-electron chi connectivity index (χ0n) is 10.2. The first-order chi connectivity index (χ1) is 9.42. The highest BCUT2D eigenvalue weighted by atomic mass is 15.3. The van der Waals surface area contributed by atoms with E-state index in [9.17, 15) is 0 Å². The van der Waals surface area contributed by atoms with E-state index in [0.29, 0.717) is 6.04 Å². The number of aromatic amines is 2. The van der Waals surface area contributed by atoms with E-state index in [1.165, 1.54) is 12.8 Å². The highest BCUT2D eigenvalue weighted by Gasteiger charge is 2.35. The van der Waals surface area contributed by atoms with Gasteiger partial charge in [0.25, 0.3) is 0 Å². The zero-order valence-corrected chi connectivity index (χ0v) is 10.2. The van der Waals surface area contributed by atoms with Crippen molar-refractivity contribution in [1.29, 1.82) is 0 Å². The van der Waals surface area contributed by atoms with Crippen molar-refractivity contribution < 1.29 is 0 Å². The number of nitrogens with zero attached hydrogens (tertiary/aromatic N) is 4. The van der Waals surface area contributed by atoms with Crippen molar-refractivity contribution in [1.82, 2.24) is 25.4 Å². The fourth-order valence-electron chi connectivity index (χ4n) is 2.93. The molecule has 1 aliphatic carbocycles. The van der Waals surface area contributed by atoms with E-state index in [0.717, 1.165) is 40.2 Å². The molecule has 3 aromatic rings. The van der Waals surface area contributed by atoms with Crippen molar-refractivity contribution >= 4 is 16.7 Å². The lowest BCUT2D eigenvalue weighted by Gasteiger charge is -2.22. The molecule has 1 saturated carbocycles. The fourth-order valence-corrected chi connectivity index (χ4v) is 2.93. The molecule has 5 rings (SSSR count). The molecule has 19 heavy (non-hydrogen) atoms. The van der Waals surface area contributed by atoms with Gasteiger partial charge in [0.2, 0.25) is 0 Å². The summed E-state index contributed by atoms with van der Waals surface area (Å²) in [4.78, 5) is 6.99. The Morgan fingerprint density at radius 2 is 2.21 bits per heavy atom.